The molecule has 0 aliphatic heterocycles. The van der Waals surface area contributed by atoms with E-state index in [-0.39, 0.29) is 0 Å². The minimum atomic E-state index is -5.61. The first kappa shape index (κ1) is 66.0. The Morgan fingerprint density at radius 1 is 0.193 bits per heavy atom. The molecule has 0 amide bonds. The zero-order chi connectivity index (χ0) is 45.1. The van der Waals surface area contributed by atoms with Crippen molar-refractivity contribution in [3.63, 3.8) is 0 Å². The van der Waals surface area contributed by atoms with Crippen LogP contribution < -0.4 is 19.2 Å². The van der Waals surface area contributed by atoms with Crippen LogP contribution in [0.4, 0.5) is 0 Å². The maximum absolute atomic E-state index is 8.58. The second-order valence-electron chi connectivity index (χ2n) is 17.4. The monoisotopic (exact) mass is 837 g/mol. The normalized spacial score (nSPS) is 12.0. The highest BCUT2D eigenvalue weighted by atomic mass is 28.4. The molecule has 0 spiro atoms. The number of rotatable bonds is 32. The maximum Gasteiger partial charge on any atom is 0.0783 e. The minimum Gasteiger partial charge on any atom is -0.894 e. The molecule has 0 rings (SSSR count). The average Bonchev–Trinajstić information content (AvgIpc) is 3.10. The molecule has 0 saturated carbocycles. The van der Waals surface area contributed by atoms with Gasteiger partial charge < -0.3 is 46.2 Å². The third-order valence-corrected chi connectivity index (χ3v) is 11.2. The van der Waals surface area contributed by atoms with Crippen molar-refractivity contribution in [1.29, 1.82) is 0 Å². The lowest BCUT2D eigenvalue weighted by atomic mass is 10.2. The molecule has 0 heterocycles. The first-order chi connectivity index (χ1) is 27.0. The lowest BCUT2D eigenvalue weighted by Crippen LogP contribution is -2.82. The van der Waals surface area contributed by atoms with Crippen LogP contribution in [0.5, 0.6) is 0 Å². The Morgan fingerprint density at radius 2 is 0.246 bits per heavy atom. The predicted octanol–water partition coefficient (Wildman–Crippen LogP) is 8.64. The summed E-state index contributed by atoms with van der Waals surface area (Å²) in [5.41, 5.74) is 0. The smallest absolute Gasteiger partial charge is 0.0783 e. The van der Waals surface area contributed by atoms with Gasteiger partial charge in [-0.3, -0.25) is 0 Å². The Morgan fingerprint density at radius 3 is 0.281 bits per heavy atom. The molecular weight excluding hydrogens is 725 g/mol. The van der Waals surface area contributed by atoms with Crippen molar-refractivity contribution in [2.45, 2.75) is 214 Å². The fourth-order valence-electron chi connectivity index (χ4n) is 10.3. The molecule has 9 heteroatoms. The van der Waals surface area contributed by atoms with Gasteiger partial charge in [-0.25, -0.2) is 0 Å². The van der Waals surface area contributed by atoms with Crippen molar-refractivity contribution in [2.75, 3.05) is 105 Å². The second-order valence-corrected chi connectivity index (χ2v) is 18.4. The first-order valence-corrected chi connectivity index (χ1v) is 26.8. The van der Waals surface area contributed by atoms with E-state index in [0.29, 0.717) is 0 Å². The van der Waals surface area contributed by atoms with Gasteiger partial charge in [-0.05, 0) is 103 Å². The van der Waals surface area contributed by atoms with Crippen LogP contribution >= 0.6 is 0 Å². The van der Waals surface area contributed by atoms with Crippen LogP contribution in [0, 0.1) is 0 Å². The van der Waals surface area contributed by atoms with Gasteiger partial charge in [-0.2, -0.15) is 0 Å². The molecule has 0 saturated heterocycles. The molecule has 0 aromatic carbocycles. The third-order valence-electron chi connectivity index (χ3n) is 11.2. The van der Waals surface area contributed by atoms with Crippen LogP contribution in [-0.4, -0.2) is 132 Å². The molecule has 0 aliphatic carbocycles. The lowest BCUT2D eigenvalue weighted by molar-refractivity contribution is -0.928. The number of quaternary nitrogens is 4. The second kappa shape index (κ2) is 44.0. The summed E-state index contributed by atoms with van der Waals surface area (Å²) < 4.78 is 5.50. The topological polar surface area (TPSA) is 92.2 Å². The van der Waals surface area contributed by atoms with E-state index >= 15 is 0 Å². The number of hydrogen-bond acceptors (Lipinski definition) is 4. The van der Waals surface area contributed by atoms with Crippen molar-refractivity contribution in [2.24, 2.45) is 0 Å². The number of nitrogens with zero attached hydrogens (tertiary/aromatic N) is 4. The molecule has 0 aromatic rings. The van der Waals surface area contributed by atoms with Crippen LogP contribution in [0.15, 0.2) is 0 Å². The van der Waals surface area contributed by atoms with Crippen LogP contribution in [0.2, 0.25) is 0 Å². The highest BCUT2D eigenvalue weighted by molar-refractivity contribution is 6.38. The highest BCUT2D eigenvalue weighted by Crippen LogP contribution is 2.15. The summed E-state index contributed by atoms with van der Waals surface area (Å²) in [4.78, 5) is 34.3. The first-order valence-electron chi connectivity index (χ1n) is 25.2. The van der Waals surface area contributed by atoms with Crippen LogP contribution in [0.25, 0.3) is 0 Å². The molecule has 0 N–H and O–H groups in total. The van der Waals surface area contributed by atoms with E-state index < -0.39 is 9.05 Å². The summed E-state index contributed by atoms with van der Waals surface area (Å²) in [7, 11) is -5.61. The van der Waals surface area contributed by atoms with E-state index in [1.807, 2.05) is 0 Å². The summed E-state index contributed by atoms with van der Waals surface area (Å²) >= 11 is 0. The Bertz CT molecular complexity index is 533. The van der Waals surface area contributed by atoms with E-state index in [4.69, 9.17) is 19.2 Å². The van der Waals surface area contributed by atoms with Crippen molar-refractivity contribution in [1.82, 2.24) is 0 Å². The summed E-state index contributed by atoms with van der Waals surface area (Å²) in [5, 5.41) is 0. The van der Waals surface area contributed by atoms with Crippen LogP contribution in [-0.2, 0) is 0 Å². The zero-order valence-corrected chi connectivity index (χ0v) is 43.5. The van der Waals surface area contributed by atoms with E-state index in [0.717, 1.165) is 0 Å². The van der Waals surface area contributed by atoms with Crippen molar-refractivity contribution >= 4 is 9.05 Å². The van der Waals surface area contributed by atoms with Gasteiger partial charge in [-0.1, -0.05) is 111 Å². The quantitative estimate of drug-likeness (QED) is 0.0502. The van der Waals surface area contributed by atoms with Crippen molar-refractivity contribution < 1.29 is 37.1 Å². The molecule has 0 unspecified atom stereocenters. The predicted molar refractivity (Wildman–Crippen MR) is 249 cm³/mol. The van der Waals surface area contributed by atoms with Gasteiger partial charge in [0.25, 0.3) is 0 Å². The van der Waals surface area contributed by atoms with Gasteiger partial charge in [0.15, 0.2) is 0 Å². The van der Waals surface area contributed by atoms with E-state index in [9.17, 15) is 0 Å². The van der Waals surface area contributed by atoms with E-state index in [2.05, 4.69) is 111 Å². The Hall–Kier alpha value is -0.103. The van der Waals surface area contributed by atoms with E-state index in [1.165, 1.54) is 225 Å². The Balaban J connectivity index is -0.000000202. The Kier molecular flexibility index (Phi) is 50.9. The molecule has 0 aliphatic rings. The SMILES string of the molecule is CCC[N+](CCC)(CCC)CCC.CCC[N+](CCC)(CCC)CCC.CCC[N+](CCC)(CCC)CCC.CCC[N+](CCC)(CCC)CCC.[O-][Si]([O-])([O-])[O-]. The van der Waals surface area contributed by atoms with Gasteiger partial charge in [0, 0.05) is 0 Å². The van der Waals surface area contributed by atoms with Crippen LogP contribution in [0.1, 0.15) is 214 Å². The standard InChI is InChI=1S/4C12H28N.O4Si/c4*1-5-9-13(10-6-2,11-7-3)12-8-4;1-5(2,3)4/h4*5-12H2,1-4H3;/q4*+1;-4. The highest BCUT2D eigenvalue weighted by Gasteiger charge is 2.25. The fourth-order valence-corrected chi connectivity index (χ4v) is 10.3. The summed E-state index contributed by atoms with van der Waals surface area (Å²) in [6.45, 7) is 59.2. The zero-order valence-electron chi connectivity index (χ0n) is 42.5. The molecule has 0 fully saturated rings. The molecule has 0 bridgehead atoms. The molecule has 352 valence electrons. The molecule has 0 atom stereocenters. The number of hydrogen-bond donors (Lipinski definition) is 0. The molecule has 57 heavy (non-hydrogen) atoms. The lowest BCUT2D eigenvalue weighted by Gasteiger charge is -2.67. The van der Waals surface area contributed by atoms with Gasteiger partial charge in [0.1, 0.15) is 0 Å². The third kappa shape index (κ3) is 39.8. The average molecular weight is 838 g/mol. The molecule has 0 radical (unpaired) electrons. The van der Waals surface area contributed by atoms with Gasteiger partial charge in [0.2, 0.25) is 0 Å². The van der Waals surface area contributed by atoms with Crippen molar-refractivity contribution in [3.05, 3.63) is 0 Å². The summed E-state index contributed by atoms with van der Waals surface area (Å²) in [6.07, 6.45) is 21.3. The fraction of sp³-hybridized carbons (Fsp3) is 1.00. The summed E-state index contributed by atoms with van der Waals surface area (Å²) in [5.74, 6) is 0. The van der Waals surface area contributed by atoms with Gasteiger partial charge in [0.05, 0.1) is 105 Å². The minimum absolute atomic E-state index is 1.33. The molecule has 0 aromatic heterocycles. The molecule has 8 nitrogen and oxygen atoms in total. The molecular formula is C48H112N4O4Si. The van der Waals surface area contributed by atoms with E-state index in [1.54, 1.807) is 0 Å². The Labute approximate surface area is 363 Å². The largest absolute Gasteiger partial charge is 0.894 e. The van der Waals surface area contributed by atoms with Gasteiger partial charge in [-0.15, -0.1) is 0 Å². The van der Waals surface area contributed by atoms with Crippen LogP contribution in [0.3, 0.4) is 0 Å². The maximum atomic E-state index is 8.58. The van der Waals surface area contributed by atoms with Crippen molar-refractivity contribution in [3.8, 4) is 0 Å². The van der Waals surface area contributed by atoms with Gasteiger partial charge >= 0.3 is 0 Å². The summed E-state index contributed by atoms with van der Waals surface area (Å²) in [6, 6.07) is 0.